The highest BCUT2D eigenvalue weighted by Gasteiger charge is 2.26. The average molecular weight is 388 g/mol. The number of esters is 1. The molecule has 0 saturated heterocycles. The van der Waals surface area contributed by atoms with E-state index in [0.717, 1.165) is 29.8 Å². The van der Waals surface area contributed by atoms with Gasteiger partial charge in [0.15, 0.2) is 11.5 Å². The number of hydrogen-bond donors (Lipinski definition) is 2. The Morgan fingerprint density at radius 1 is 1.14 bits per heavy atom. The van der Waals surface area contributed by atoms with Crippen molar-refractivity contribution in [3.8, 4) is 28.4 Å². The highest BCUT2D eigenvalue weighted by Crippen LogP contribution is 2.46. The minimum Gasteiger partial charge on any atom is -0.493 e. The molecule has 0 fully saturated rings. The van der Waals surface area contributed by atoms with Gasteiger partial charge in [0, 0.05) is 28.9 Å². The molecule has 0 bridgehead atoms. The predicted octanol–water partition coefficient (Wildman–Crippen LogP) is 3.64. The number of hydrogen-bond acceptors (Lipinski definition) is 6. The molecule has 1 aromatic carbocycles. The molecule has 28 heavy (non-hydrogen) atoms. The van der Waals surface area contributed by atoms with Crippen LogP contribution in [0.25, 0.3) is 17.2 Å². The summed E-state index contributed by atoms with van der Waals surface area (Å²) in [5.74, 6) is 1.08. The fraction of sp³-hybridized carbons (Fsp3) is 0.381. The third kappa shape index (κ3) is 3.99. The Morgan fingerprint density at radius 2 is 1.86 bits per heavy atom. The number of carbonyl (C=O) groups excluding carboxylic acids is 1. The molecule has 0 spiro atoms. The van der Waals surface area contributed by atoms with Gasteiger partial charge in [-0.15, -0.1) is 0 Å². The van der Waals surface area contributed by atoms with Crippen LogP contribution in [0.4, 0.5) is 0 Å². The average Bonchev–Trinajstić information content (AvgIpc) is 3.10. The fourth-order valence-corrected chi connectivity index (χ4v) is 3.16. The molecule has 0 aliphatic rings. The summed E-state index contributed by atoms with van der Waals surface area (Å²) in [4.78, 5) is 15.5. The standard InChI is InChI=1S/C21H28N2O5/c1-7-11-22-12-15-17(13(8-2)18(23-15)21(24)28-6)14-9-10-16(25-3)20(27-5)19(14)26-4/h8-10,22-23H,2,7,11-12H2,1,3-6H3. The quantitative estimate of drug-likeness (QED) is 0.478. The molecule has 2 rings (SSSR count). The zero-order valence-corrected chi connectivity index (χ0v) is 17.1. The van der Waals surface area contributed by atoms with Gasteiger partial charge in [-0.3, -0.25) is 0 Å². The monoisotopic (exact) mass is 388 g/mol. The minimum absolute atomic E-state index is 0.345. The van der Waals surface area contributed by atoms with E-state index in [1.807, 2.05) is 6.07 Å². The second-order valence-electron chi connectivity index (χ2n) is 6.02. The zero-order valence-electron chi connectivity index (χ0n) is 17.1. The van der Waals surface area contributed by atoms with E-state index >= 15 is 0 Å². The summed E-state index contributed by atoms with van der Waals surface area (Å²) in [6.45, 7) is 7.37. The topological polar surface area (TPSA) is 81.8 Å². The lowest BCUT2D eigenvalue weighted by molar-refractivity contribution is 0.0594. The largest absolute Gasteiger partial charge is 0.493 e. The van der Waals surface area contributed by atoms with E-state index in [1.165, 1.54) is 7.11 Å². The van der Waals surface area contributed by atoms with Gasteiger partial charge in [-0.05, 0) is 25.1 Å². The van der Waals surface area contributed by atoms with Crippen molar-refractivity contribution < 1.29 is 23.7 Å². The first-order valence-electron chi connectivity index (χ1n) is 9.03. The second kappa shape index (κ2) is 9.85. The number of H-pyrrole nitrogens is 1. The Labute approximate surface area is 165 Å². The van der Waals surface area contributed by atoms with E-state index in [2.05, 4.69) is 23.8 Å². The number of aromatic nitrogens is 1. The number of benzene rings is 1. The van der Waals surface area contributed by atoms with Crippen LogP contribution in [0.1, 0.15) is 35.1 Å². The maximum atomic E-state index is 12.3. The highest BCUT2D eigenvalue weighted by atomic mass is 16.5. The predicted molar refractivity (Wildman–Crippen MR) is 109 cm³/mol. The molecular formula is C21H28N2O5. The lowest BCUT2D eigenvalue weighted by atomic mass is 9.98. The molecule has 1 aromatic heterocycles. The van der Waals surface area contributed by atoms with E-state index in [4.69, 9.17) is 18.9 Å². The van der Waals surface area contributed by atoms with Crippen LogP contribution in [0.5, 0.6) is 17.2 Å². The molecule has 1 heterocycles. The van der Waals surface area contributed by atoms with Crippen LogP contribution in [0.2, 0.25) is 0 Å². The van der Waals surface area contributed by atoms with Crippen molar-refractivity contribution in [1.29, 1.82) is 0 Å². The molecular weight excluding hydrogens is 360 g/mol. The molecule has 0 atom stereocenters. The van der Waals surface area contributed by atoms with Gasteiger partial charge in [-0.1, -0.05) is 19.6 Å². The highest BCUT2D eigenvalue weighted by molar-refractivity contribution is 5.97. The number of aromatic amines is 1. The summed E-state index contributed by atoms with van der Waals surface area (Å²) in [5.41, 5.74) is 3.38. The third-order valence-corrected chi connectivity index (χ3v) is 4.41. The summed E-state index contributed by atoms with van der Waals surface area (Å²) >= 11 is 0. The molecule has 0 saturated carbocycles. The molecule has 7 heteroatoms. The zero-order chi connectivity index (χ0) is 20.7. The Hall–Kier alpha value is -2.93. The summed E-state index contributed by atoms with van der Waals surface area (Å²) in [6, 6.07) is 3.68. The Kier molecular flexibility index (Phi) is 7.52. The lowest BCUT2D eigenvalue weighted by Gasteiger charge is -2.17. The van der Waals surface area contributed by atoms with Crippen molar-refractivity contribution in [3.05, 3.63) is 35.7 Å². The first-order chi connectivity index (χ1) is 13.6. The van der Waals surface area contributed by atoms with Crippen molar-refractivity contribution in [2.24, 2.45) is 0 Å². The van der Waals surface area contributed by atoms with E-state index in [1.54, 1.807) is 33.5 Å². The van der Waals surface area contributed by atoms with E-state index in [0.29, 0.717) is 35.1 Å². The summed E-state index contributed by atoms with van der Waals surface area (Å²) in [7, 11) is 6.04. The van der Waals surface area contributed by atoms with Crippen molar-refractivity contribution in [3.63, 3.8) is 0 Å². The van der Waals surface area contributed by atoms with Gasteiger partial charge in [0.2, 0.25) is 5.75 Å². The van der Waals surface area contributed by atoms with E-state index < -0.39 is 5.97 Å². The van der Waals surface area contributed by atoms with Crippen molar-refractivity contribution in [2.45, 2.75) is 19.9 Å². The van der Waals surface area contributed by atoms with Gasteiger partial charge >= 0.3 is 5.97 Å². The van der Waals surface area contributed by atoms with Crippen LogP contribution in [-0.2, 0) is 11.3 Å². The van der Waals surface area contributed by atoms with Gasteiger partial charge in [-0.25, -0.2) is 4.79 Å². The minimum atomic E-state index is -0.461. The Balaban J connectivity index is 2.76. The van der Waals surface area contributed by atoms with Gasteiger partial charge in [-0.2, -0.15) is 0 Å². The normalized spacial score (nSPS) is 10.5. The van der Waals surface area contributed by atoms with Crippen molar-refractivity contribution in [2.75, 3.05) is 35.0 Å². The summed E-state index contributed by atoms with van der Waals surface area (Å²) in [5, 5.41) is 3.36. The second-order valence-corrected chi connectivity index (χ2v) is 6.02. The van der Waals surface area contributed by atoms with Crippen molar-refractivity contribution in [1.82, 2.24) is 10.3 Å². The maximum absolute atomic E-state index is 12.3. The number of carbonyl (C=O) groups is 1. The maximum Gasteiger partial charge on any atom is 0.355 e. The van der Waals surface area contributed by atoms with Gasteiger partial charge in [0.1, 0.15) is 5.69 Å². The molecule has 2 N–H and O–H groups in total. The van der Waals surface area contributed by atoms with Crippen molar-refractivity contribution >= 4 is 12.0 Å². The van der Waals surface area contributed by atoms with E-state index in [9.17, 15) is 4.79 Å². The van der Waals surface area contributed by atoms with E-state index in [-0.39, 0.29) is 0 Å². The Morgan fingerprint density at radius 3 is 2.39 bits per heavy atom. The molecule has 7 nitrogen and oxygen atoms in total. The van der Waals surface area contributed by atoms with Crippen LogP contribution >= 0.6 is 0 Å². The molecule has 0 aliphatic heterocycles. The number of nitrogens with one attached hydrogen (secondary N) is 2. The SMILES string of the molecule is C=Cc1c(C(=O)OC)[nH]c(CNCCC)c1-c1ccc(OC)c(OC)c1OC. The molecule has 152 valence electrons. The molecule has 0 radical (unpaired) electrons. The fourth-order valence-electron chi connectivity index (χ4n) is 3.16. The van der Waals surface area contributed by atoms with Gasteiger partial charge in [0.05, 0.1) is 28.4 Å². The van der Waals surface area contributed by atoms with Crippen LogP contribution in [0.3, 0.4) is 0 Å². The first kappa shape index (κ1) is 21.4. The summed E-state index contributed by atoms with van der Waals surface area (Å²) in [6.07, 6.45) is 2.63. The number of rotatable bonds is 10. The molecule has 0 aliphatic carbocycles. The summed E-state index contributed by atoms with van der Waals surface area (Å²) < 4.78 is 21.5. The van der Waals surface area contributed by atoms with Crippen LogP contribution in [0, 0.1) is 0 Å². The third-order valence-electron chi connectivity index (χ3n) is 4.41. The number of methoxy groups -OCH3 is 4. The molecule has 0 amide bonds. The Bertz CT molecular complexity index is 842. The van der Waals surface area contributed by atoms with Crippen LogP contribution in [-0.4, -0.2) is 45.9 Å². The first-order valence-corrected chi connectivity index (χ1v) is 9.03. The number of ether oxygens (including phenoxy) is 4. The molecule has 2 aromatic rings. The smallest absolute Gasteiger partial charge is 0.355 e. The van der Waals surface area contributed by atoms with Crippen LogP contribution < -0.4 is 19.5 Å². The molecule has 0 unspecified atom stereocenters. The van der Waals surface area contributed by atoms with Crippen LogP contribution in [0.15, 0.2) is 18.7 Å². The lowest BCUT2D eigenvalue weighted by Crippen LogP contribution is -2.15. The van der Waals surface area contributed by atoms with Gasteiger partial charge in [0.25, 0.3) is 0 Å². The van der Waals surface area contributed by atoms with Gasteiger partial charge < -0.3 is 29.2 Å².